The first-order chi connectivity index (χ1) is 10.8. The predicted molar refractivity (Wildman–Crippen MR) is 89.4 cm³/mol. The highest BCUT2D eigenvalue weighted by Gasteiger charge is 2.46. The molecule has 0 unspecified atom stereocenters. The lowest BCUT2D eigenvalue weighted by Gasteiger charge is -2.21. The summed E-state index contributed by atoms with van der Waals surface area (Å²) in [5.41, 5.74) is 0.743. The molecule has 0 saturated carbocycles. The first-order valence-corrected chi connectivity index (χ1v) is 8.25. The summed E-state index contributed by atoms with van der Waals surface area (Å²) in [6.07, 6.45) is -0.990. The van der Waals surface area contributed by atoms with Gasteiger partial charge in [-0.15, -0.1) is 10.2 Å². The molecule has 1 N–H and O–H groups in total. The molecule has 23 heavy (non-hydrogen) atoms. The number of likely N-dealkylation sites (N-methyl/N-ethyl adjacent to an activating group) is 1. The highest BCUT2D eigenvalue weighted by molar-refractivity contribution is 7.15. The van der Waals surface area contributed by atoms with E-state index in [-0.39, 0.29) is 11.4 Å². The van der Waals surface area contributed by atoms with Crippen LogP contribution in [0.3, 0.4) is 0 Å². The maximum absolute atomic E-state index is 12.6. The maximum Gasteiger partial charge on any atom is 0.329 e. The van der Waals surface area contributed by atoms with Crippen molar-refractivity contribution in [2.75, 3.05) is 11.9 Å². The van der Waals surface area contributed by atoms with Crippen molar-refractivity contribution >= 4 is 22.5 Å². The van der Waals surface area contributed by atoms with Crippen LogP contribution in [-0.4, -0.2) is 39.5 Å². The minimum absolute atomic E-state index is 0.144. The van der Waals surface area contributed by atoms with Gasteiger partial charge >= 0.3 is 6.03 Å². The minimum Gasteiger partial charge on any atom is -0.370 e. The largest absolute Gasteiger partial charge is 0.370 e. The SMILES string of the molecule is CN1C(=O)N(c2nnc(C(C)(C)C)s2)[C@@H](O)[C@@H]1c1ccccc1. The third kappa shape index (κ3) is 2.70. The van der Waals surface area contributed by atoms with Gasteiger partial charge in [0.05, 0.1) is 0 Å². The van der Waals surface area contributed by atoms with Gasteiger partial charge in [-0.1, -0.05) is 62.4 Å². The number of aliphatic hydroxyl groups is 1. The number of nitrogens with zero attached hydrogens (tertiary/aromatic N) is 4. The zero-order valence-corrected chi connectivity index (χ0v) is 14.4. The van der Waals surface area contributed by atoms with Gasteiger partial charge < -0.3 is 10.0 Å². The molecule has 0 bridgehead atoms. The number of urea groups is 1. The van der Waals surface area contributed by atoms with Crippen LogP contribution in [0.1, 0.15) is 37.4 Å². The molecule has 3 rings (SSSR count). The van der Waals surface area contributed by atoms with Crippen LogP contribution in [0, 0.1) is 0 Å². The Morgan fingerprint density at radius 3 is 2.39 bits per heavy atom. The van der Waals surface area contributed by atoms with Gasteiger partial charge in [0.15, 0.2) is 6.23 Å². The number of benzene rings is 1. The summed E-state index contributed by atoms with van der Waals surface area (Å²) in [5.74, 6) is 0. The number of aromatic nitrogens is 2. The molecule has 1 aliphatic rings. The van der Waals surface area contributed by atoms with Gasteiger partial charge in [-0.05, 0) is 5.56 Å². The third-order valence-electron chi connectivity index (χ3n) is 3.88. The second kappa shape index (κ2) is 5.58. The Hall–Kier alpha value is -1.99. The van der Waals surface area contributed by atoms with Crippen molar-refractivity contribution < 1.29 is 9.90 Å². The van der Waals surface area contributed by atoms with Crippen molar-refractivity contribution in [2.24, 2.45) is 0 Å². The number of anilines is 1. The smallest absolute Gasteiger partial charge is 0.329 e. The van der Waals surface area contributed by atoms with Crippen molar-refractivity contribution in [3.8, 4) is 0 Å². The van der Waals surface area contributed by atoms with Gasteiger partial charge in [-0.2, -0.15) is 0 Å². The summed E-state index contributed by atoms with van der Waals surface area (Å²) in [6, 6.07) is 8.81. The fraction of sp³-hybridized carbons (Fsp3) is 0.438. The lowest BCUT2D eigenvalue weighted by Crippen LogP contribution is -2.34. The van der Waals surface area contributed by atoms with Crippen LogP contribution in [0.15, 0.2) is 30.3 Å². The Morgan fingerprint density at radius 1 is 1.17 bits per heavy atom. The Bertz CT molecular complexity index is 710. The van der Waals surface area contributed by atoms with Crippen molar-refractivity contribution in [1.82, 2.24) is 15.1 Å². The van der Waals surface area contributed by atoms with Crippen molar-refractivity contribution in [2.45, 2.75) is 38.5 Å². The van der Waals surface area contributed by atoms with Crippen molar-refractivity contribution in [1.29, 1.82) is 0 Å². The number of amides is 2. The van der Waals surface area contributed by atoms with Crippen LogP contribution < -0.4 is 4.90 Å². The van der Waals surface area contributed by atoms with Gasteiger partial charge in [0.2, 0.25) is 5.13 Å². The lowest BCUT2D eigenvalue weighted by molar-refractivity contribution is 0.129. The van der Waals surface area contributed by atoms with Crippen LogP contribution >= 0.6 is 11.3 Å². The minimum atomic E-state index is -0.990. The molecule has 122 valence electrons. The fourth-order valence-corrected chi connectivity index (χ4v) is 3.53. The third-order valence-corrected chi connectivity index (χ3v) is 5.22. The van der Waals surface area contributed by atoms with Crippen LogP contribution in [0.5, 0.6) is 0 Å². The molecule has 1 fully saturated rings. The van der Waals surface area contributed by atoms with Crippen LogP contribution in [0.2, 0.25) is 0 Å². The quantitative estimate of drug-likeness (QED) is 0.918. The zero-order chi connectivity index (χ0) is 16.8. The number of hydrogen-bond donors (Lipinski definition) is 1. The second-order valence-electron chi connectivity index (χ2n) is 6.67. The van der Waals surface area contributed by atoms with E-state index in [0.29, 0.717) is 5.13 Å². The highest BCUT2D eigenvalue weighted by Crippen LogP contribution is 2.38. The molecule has 7 heteroatoms. The maximum atomic E-state index is 12.6. The predicted octanol–water partition coefficient (Wildman–Crippen LogP) is 2.77. The van der Waals surface area contributed by atoms with E-state index in [9.17, 15) is 9.90 Å². The van der Waals surface area contributed by atoms with E-state index >= 15 is 0 Å². The summed E-state index contributed by atoms with van der Waals surface area (Å²) in [4.78, 5) is 15.5. The Kier molecular flexibility index (Phi) is 3.85. The Labute approximate surface area is 139 Å². The summed E-state index contributed by atoms with van der Waals surface area (Å²) < 4.78 is 0. The van der Waals surface area contributed by atoms with Crippen LogP contribution in [0.4, 0.5) is 9.93 Å². The topological polar surface area (TPSA) is 69.6 Å². The molecule has 1 aromatic heterocycles. The van der Waals surface area contributed by atoms with E-state index < -0.39 is 12.3 Å². The molecule has 0 radical (unpaired) electrons. The van der Waals surface area contributed by atoms with E-state index in [1.807, 2.05) is 51.1 Å². The monoisotopic (exact) mass is 332 g/mol. The van der Waals surface area contributed by atoms with Gasteiger partial charge in [-0.3, -0.25) is 0 Å². The van der Waals surface area contributed by atoms with E-state index in [1.54, 1.807) is 7.05 Å². The molecule has 2 aromatic rings. The normalized spacial score (nSPS) is 22.0. The summed E-state index contributed by atoms with van der Waals surface area (Å²) in [6.45, 7) is 6.12. The molecule has 1 saturated heterocycles. The van der Waals surface area contributed by atoms with Gasteiger partial charge in [-0.25, -0.2) is 9.69 Å². The number of carbonyl (C=O) groups excluding carboxylic acids is 1. The Morgan fingerprint density at radius 2 is 1.83 bits per heavy atom. The number of hydrogen-bond acceptors (Lipinski definition) is 5. The summed E-state index contributed by atoms with van der Waals surface area (Å²) in [7, 11) is 1.69. The molecule has 1 aliphatic heterocycles. The number of carbonyl (C=O) groups is 1. The van der Waals surface area contributed by atoms with Gasteiger partial charge in [0.25, 0.3) is 0 Å². The number of rotatable bonds is 2. The second-order valence-corrected chi connectivity index (χ2v) is 7.63. The molecule has 0 aliphatic carbocycles. The highest BCUT2D eigenvalue weighted by atomic mass is 32.1. The molecule has 2 amide bonds. The molecule has 0 spiro atoms. The number of aliphatic hydroxyl groups excluding tert-OH is 1. The Balaban J connectivity index is 1.95. The molecular formula is C16H20N4O2S. The van der Waals surface area contributed by atoms with Crippen molar-refractivity contribution in [3.05, 3.63) is 40.9 Å². The zero-order valence-electron chi connectivity index (χ0n) is 13.6. The van der Waals surface area contributed by atoms with Crippen molar-refractivity contribution in [3.63, 3.8) is 0 Å². The van der Waals surface area contributed by atoms with Crippen LogP contribution in [-0.2, 0) is 5.41 Å². The standard InChI is InChI=1S/C16H20N4O2S/c1-16(2,3)13-17-18-14(23-13)20-12(21)11(19(4)15(20)22)10-8-6-5-7-9-10/h5-9,11-12,21H,1-4H3/t11-,12-/m0/s1. The van der Waals surface area contributed by atoms with E-state index in [2.05, 4.69) is 10.2 Å². The first-order valence-electron chi connectivity index (χ1n) is 7.43. The average Bonchev–Trinajstić information content (AvgIpc) is 3.05. The molecule has 6 nitrogen and oxygen atoms in total. The summed E-state index contributed by atoms with van der Waals surface area (Å²) in [5, 5.41) is 20.3. The van der Waals surface area contributed by atoms with Crippen LogP contribution in [0.25, 0.3) is 0 Å². The average molecular weight is 332 g/mol. The lowest BCUT2D eigenvalue weighted by atomic mass is 9.98. The molecular weight excluding hydrogens is 312 g/mol. The van der Waals surface area contributed by atoms with E-state index in [0.717, 1.165) is 10.6 Å². The summed E-state index contributed by atoms with van der Waals surface area (Å²) >= 11 is 1.34. The van der Waals surface area contributed by atoms with Gasteiger partial charge in [0, 0.05) is 12.5 Å². The molecule has 2 heterocycles. The first kappa shape index (κ1) is 15.9. The fourth-order valence-electron chi connectivity index (χ4n) is 2.60. The van der Waals surface area contributed by atoms with E-state index in [1.165, 1.54) is 21.1 Å². The molecule has 1 aromatic carbocycles. The van der Waals surface area contributed by atoms with Gasteiger partial charge in [0.1, 0.15) is 11.0 Å². The molecule has 2 atom stereocenters. The van der Waals surface area contributed by atoms with E-state index in [4.69, 9.17) is 0 Å².